The highest BCUT2D eigenvalue weighted by Gasteiger charge is 2.29. The Hall–Kier alpha value is -2.30. The molecule has 7 heteroatoms. The number of pyridine rings is 1. The van der Waals surface area contributed by atoms with Crippen LogP contribution in [0.15, 0.2) is 18.3 Å². The Morgan fingerprint density at radius 1 is 1.36 bits per heavy atom. The SMILES string of the molecule is Cc1ncccc1Oc1sc(C#N)c2c1-c1snnc1CC2. The van der Waals surface area contributed by atoms with E-state index >= 15 is 0 Å². The molecule has 0 bridgehead atoms. The van der Waals surface area contributed by atoms with Crippen molar-refractivity contribution in [2.24, 2.45) is 0 Å². The van der Waals surface area contributed by atoms with E-state index in [1.54, 1.807) is 6.20 Å². The Labute approximate surface area is 135 Å². The lowest BCUT2D eigenvalue weighted by atomic mass is 9.96. The Balaban J connectivity index is 1.87. The van der Waals surface area contributed by atoms with Crippen molar-refractivity contribution in [3.05, 3.63) is 40.2 Å². The average Bonchev–Trinajstić information content (AvgIpc) is 3.13. The molecule has 0 fully saturated rings. The Kier molecular flexibility index (Phi) is 3.13. The van der Waals surface area contributed by atoms with Gasteiger partial charge >= 0.3 is 0 Å². The Morgan fingerprint density at radius 2 is 2.27 bits per heavy atom. The maximum Gasteiger partial charge on any atom is 0.191 e. The van der Waals surface area contributed by atoms with Crippen molar-refractivity contribution in [2.45, 2.75) is 19.8 Å². The molecule has 22 heavy (non-hydrogen) atoms. The molecule has 0 amide bonds. The zero-order chi connectivity index (χ0) is 15.1. The van der Waals surface area contributed by atoms with Gasteiger partial charge in [-0.3, -0.25) is 4.98 Å². The van der Waals surface area contributed by atoms with Gasteiger partial charge in [0.1, 0.15) is 16.7 Å². The van der Waals surface area contributed by atoms with E-state index in [1.807, 2.05) is 19.1 Å². The molecule has 0 N–H and O–H groups in total. The molecule has 0 aliphatic heterocycles. The van der Waals surface area contributed by atoms with Crippen molar-refractivity contribution >= 4 is 22.9 Å². The summed E-state index contributed by atoms with van der Waals surface area (Å²) in [7, 11) is 0. The molecule has 0 saturated heterocycles. The number of hydrogen-bond acceptors (Lipinski definition) is 7. The summed E-state index contributed by atoms with van der Waals surface area (Å²) in [6.07, 6.45) is 3.37. The van der Waals surface area contributed by atoms with Crippen LogP contribution in [0, 0.1) is 18.3 Å². The van der Waals surface area contributed by atoms with Gasteiger partial charge in [0, 0.05) is 6.20 Å². The molecule has 3 heterocycles. The minimum absolute atomic E-state index is 0.709. The van der Waals surface area contributed by atoms with Gasteiger partial charge in [0.15, 0.2) is 5.06 Å². The van der Waals surface area contributed by atoms with Crippen LogP contribution in [0.2, 0.25) is 0 Å². The molecule has 0 saturated carbocycles. The number of aromatic nitrogens is 3. The fourth-order valence-electron chi connectivity index (χ4n) is 2.56. The summed E-state index contributed by atoms with van der Waals surface area (Å²) in [6, 6.07) is 6.01. The lowest BCUT2D eigenvalue weighted by molar-refractivity contribution is 0.490. The summed E-state index contributed by atoms with van der Waals surface area (Å²) < 4.78 is 10.1. The number of nitrogens with zero attached hydrogens (tertiary/aromatic N) is 4. The van der Waals surface area contributed by atoms with Crippen LogP contribution >= 0.6 is 22.9 Å². The molecule has 3 aromatic rings. The molecular weight excluding hydrogens is 316 g/mol. The van der Waals surface area contributed by atoms with Crippen molar-refractivity contribution in [3.63, 3.8) is 0 Å². The third kappa shape index (κ3) is 2.00. The smallest absolute Gasteiger partial charge is 0.191 e. The van der Waals surface area contributed by atoms with Gasteiger partial charge in [0.25, 0.3) is 0 Å². The number of aryl methyl sites for hydroxylation is 2. The van der Waals surface area contributed by atoms with E-state index in [2.05, 4.69) is 20.6 Å². The normalized spacial score (nSPS) is 12.4. The van der Waals surface area contributed by atoms with Crippen molar-refractivity contribution < 1.29 is 4.74 Å². The number of rotatable bonds is 2. The fraction of sp³-hybridized carbons (Fsp3) is 0.200. The second kappa shape index (κ2) is 5.16. The first-order valence-electron chi connectivity index (χ1n) is 6.74. The Bertz CT molecular complexity index is 907. The first-order valence-corrected chi connectivity index (χ1v) is 8.33. The second-order valence-corrected chi connectivity index (χ2v) is 6.66. The van der Waals surface area contributed by atoms with E-state index in [-0.39, 0.29) is 0 Å². The average molecular weight is 326 g/mol. The summed E-state index contributed by atoms with van der Waals surface area (Å²) in [6.45, 7) is 1.90. The van der Waals surface area contributed by atoms with Gasteiger partial charge in [-0.15, -0.1) is 5.10 Å². The lowest BCUT2D eigenvalue weighted by Crippen LogP contribution is -2.02. The van der Waals surface area contributed by atoms with E-state index in [9.17, 15) is 5.26 Å². The summed E-state index contributed by atoms with van der Waals surface area (Å²) >= 11 is 2.75. The highest BCUT2D eigenvalue weighted by atomic mass is 32.1. The summed E-state index contributed by atoms with van der Waals surface area (Å²) in [5.41, 5.74) is 3.86. The predicted octanol–water partition coefficient (Wildman–Crippen LogP) is 3.73. The van der Waals surface area contributed by atoms with Crippen molar-refractivity contribution in [1.29, 1.82) is 5.26 Å². The van der Waals surface area contributed by atoms with Crippen LogP contribution in [0.3, 0.4) is 0 Å². The zero-order valence-corrected chi connectivity index (χ0v) is 13.3. The fourth-order valence-corrected chi connectivity index (χ4v) is 4.41. The number of nitriles is 1. The first-order chi connectivity index (χ1) is 10.8. The lowest BCUT2D eigenvalue weighted by Gasteiger charge is -2.12. The van der Waals surface area contributed by atoms with Gasteiger partial charge in [0.05, 0.1) is 21.8 Å². The minimum Gasteiger partial charge on any atom is -0.444 e. The minimum atomic E-state index is 0.709. The van der Waals surface area contributed by atoms with Gasteiger partial charge in [-0.2, -0.15) is 5.26 Å². The maximum atomic E-state index is 9.39. The van der Waals surface area contributed by atoms with E-state index in [0.29, 0.717) is 10.6 Å². The molecule has 0 spiro atoms. The van der Waals surface area contributed by atoms with E-state index in [0.717, 1.165) is 45.3 Å². The monoisotopic (exact) mass is 326 g/mol. The maximum absolute atomic E-state index is 9.39. The van der Waals surface area contributed by atoms with Crippen LogP contribution in [-0.2, 0) is 12.8 Å². The Morgan fingerprint density at radius 3 is 3.09 bits per heavy atom. The molecule has 3 aromatic heterocycles. The van der Waals surface area contributed by atoms with Crippen LogP contribution in [0.25, 0.3) is 10.4 Å². The number of fused-ring (bicyclic) bond motifs is 3. The molecule has 0 aromatic carbocycles. The highest BCUT2D eigenvalue weighted by molar-refractivity contribution is 7.16. The van der Waals surface area contributed by atoms with Gasteiger partial charge in [-0.25, -0.2) is 0 Å². The predicted molar refractivity (Wildman–Crippen MR) is 84.4 cm³/mol. The summed E-state index contributed by atoms with van der Waals surface area (Å²) in [5.74, 6) is 0.709. The van der Waals surface area contributed by atoms with Crippen LogP contribution in [0.5, 0.6) is 10.8 Å². The number of hydrogen-bond donors (Lipinski definition) is 0. The molecule has 0 unspecified atom stereocenters. The van der Waals surface area contributed by atoms with Gasteiger partial charge in [-0.05, 0) is 49.0 Å². The van der Waals surface area contributed by atoms with Crippen molar-refractivity contribution in [2.75, 3.05) is 0 Å². The molecule has 5 nitrogen and oxygen atoms in total. The zero-order valence-electron chi connectivity index (χ0n) is 11.7. The second-order valence-electron chi connectivity index (χ2n) is 4.92. The first kappa shape index (κ1) is 13.4. The number of ether oxygens (including phenoxy) is 1. The largest absolute Gasteiger partial charge is 0.444 e. The molecule has 108 valence electrons. The van der Waals surface area contributed by atoms with Crippen LogP contribution < -0.4 is 4.74 Å². The molecule has 0 atom stereocenters. The molecule has 4 rings (SSSR count). The van der Waals surface area contributed by atoms with Crippen molar-refractivity contribution in [1.82, 2.24) is 14.6 Å². The molecule has 1 aliphatic carbocycles. The van der Waals surface area contributed by atoms with E-state index in [1.165, 1.54) is 22.9 Å². The standard InChI is InChI=1S/C15H10N4OS2/c1-8-11(3-2-6-17-8)20-15-13-9(12(7-16)21-15)4-5-10-14(13)22-19-18-10/h2-3,6H,4-5H2,1H3. The quantitative estimate of drug-likeness (QED) is 0.717. The molecule has 1 aliphatic rings. The molecular formula is C15H10N4OS2. The van der Waals surface area contributed by atoms with Gasteiger partial charge in [-0.1, -0.05) is 15.8 Å². The van der Waals surface area contributed by atoms with Gasteiger partial charge < -0.3 is 4.74 Å². The topological polar surface area (TPSA) is 71.7 Å². The third-order valence-electron chi connectivity index (χ3n) is 3.63. The van der Waals surface area contributed by atoms with Crippen LogP contribution in [-0.4, -0.2) is 14.6 Å². The van der Waals surface area contributed by atoms with Crippen LogP contribution in [0.4, 0.5) is 0 Å². The number of thiophene rings is 1. The highest BCUT2D eigenvalue weighted by Crippen LogP contribution is 2.49. The summed E-state index contributed by atoms with van der Waals surface area (Å²) in [4.78, 5) is 5.98. The van der Waals surface area contributed by atoms with E-state index in [4.69, 9.17) is 4.74 Å². The van der Waals surface area contributed by atoms with Crippen molar-refractivity contribution in [3.8, 4) is 27.3 Å². The van der Waals surface area contributed by atoms with E-state index < -0.39 is 0 Å². The summed E-state index contributed by atoms with van der Waals surface area (Å²) in [5, 5.41) is 14.3. The van der Waals surface area contributed by atoms with Crippen LogP contribution in [0.1, 0.15) is 21.8 Å². The third-order valence-corrected chi connectivity index (χ3v) is 5.43. The van der Waals surface area contributed by atoms with Gasteiger partial charge in [0.2, 0.25) is 0 Å². The molecule has 0 radical (unpaired) electrons.